The van der Waals surface area contributed by atoms with Gasteiger partial charge in [-0.05, 0) is 17.7 Å². The molecule has 0 aromatic carbocycles. The van der Waals surface area contributed by atoms with Gasteiger partial charge in [0.2, 0.25) is 16.9 Å². The average Bonchev–Trinajstić information content (AvgIpc) is 2.84. The molecule has 0 fully saturated rings. The molecule has 7 heteroatoms. The fourth-order valence-corrected chi connectivity index (χ4v) is 1.51. The number of carbonyl (C=O) groups is 1. The first kappa shape index (κ1) is 11.7. The minimum absolute atomic E-state index is 0.0423. The molecule has 0 aliphatic rings. The molecular weight excluding hydrogens is 250 g/mol. The first-order valence-electron chi connectivity index (χ1n) is 4.58. The van der Waals surface area contributed by atoms with Crippen LogP contribution < -0.4 is 0 Å². The third kappa shape index (κ3) is 2.17. The van der Waals surface area contributed by atoms with Crippen LogP contribution in [0.1, 0.15) is 16.2 Å². The van der Waals surface area contributed by atoms with E-state index in [2.05, 4.69) is 4.98 Å². The Labute approximate surface area is 101 Å². The molecular formula is C10H8ClNO5. The fraction of sp³-hybridized carbons (Fsp3) is 0.200. The first-order valence-corrected chi connectivity index (χ1v) is 4.96. The Morgan fingerprint density at radius 2 is 2.41 bits per heavy atom. The van der Waals surface area contributed by atoms with Gasteiger partial charge < -0.3 is 18.7 Å². The van der Waals surface area contributed by atoms with Crippen LogP contribution in [0.25, 0.3) is 11.5 Å². The Morgan fingerprint density at radius 3 is 2.94 bits per heavy atom. The van der Waals surface area contributed by atoms with E-state index >= 15 is 0 Å². The van der Waals surface area contributed by atoms with Gasteiger partial charge in [-0.3, -0.25) is 0 Å². The lowest BCUT2D eigenvalue weighted by Crippen LogP contribution is -2.00. The number of ether oxygens (including phenoxy) is 1. The van der Waals surface area contributed by atoms with E-state index in [1.807, 2.05) is 0 Å². The number of carboxylic acids is 1. The summed E-state index contributed by atoms with van der Waals surface area (Å²) in [6.07, 6.45) is 1.36. The van der Waals surface area contributed by atoms with Crippen LogP contribution in [0.4, 0.5) is 0 Å². The number of hydrogen-bond donors (Lipinski definition) is 1. The number of methoxy groups -OCH3 is 1. The number of halogens is 1. The standard InChI is InChI=1S/C10H8ClNO5/c1-15-4-6-7(10(13)14)17-9(12-6)5-2-3-16-8(5)11/h2-3H,4H2,1H3,(H,13,14). The van der Waals surface area contributed by atoms with Crippen molar-refractivity contribution in [3.63, 3.8) is 0 Å². The lowest BCUT2D eigenvalue weighted by molar-refractivity contribution is 0.0656. The average molecular weight is 258 g/mol. The van der Waals surface area contributed by atoms with Crippen molar-refractivity contribution in [3.05, 3.63) is 29.0 Å². The molecule has 0 aliphatic heterocycles. The van der Waals surface area contributed by atoms with E-state index in [4.69, 9.17) is 30.3 Å². The van der Waals surface area contributed by atoms with Crippen molar-refractivity contribution in [1.82, 2.24) is 4.98 Å². The second-order valence-corrected chi connectivity index (χ2v) is 3.48. The molecule has 0 radical (unpaired) electrons. The van der Waals surface area contributed by atoms with Gasteiger partial charge in [0.1, 0.15) is 5.69 Å². The van der Waals surface area contributed by atoms with Gasteiger partial charge in [-0.25, -0.2) is 9.78 Å². The molecule has 0 unspecified atom stereocenters. The highest BCUT2D eigenvalue weighted by molar-refractivity contribution is 6.31. The Balaban J connectivity index is 2.47. The quantitative estimate of drug-likeness (QED) is 0.905. The molecule has 0 atom stereocenters. The van der Waals surface area contributed by atoms with Gasteiger partial charge in [0.25, 0.3) is 0 Å². The number of nitrogens with zero attached hydrogens (tertiary/aromatic N) is 1. The molecule has 0 bridgehead atoms. The number of furan rings is 1. The lowest BCUT2D eigenvalue weighted by Gasteiger charge is -1.92. The zero-order chi connectivity index (χ0) is 12.4. The van der Waals surface area contributed by atoms with Crippen molar-refractivity contribution in [2.45, 2.75) is 6.61 Å². The molecule has 0 saturated carbocycles. The molecule has 0 amide bonds. The maximum Gasteiger partial charge on any atom is 0.373 e. The summed E-state index contributed by atoms with van der Waals surface area (Å²) >= 11 is 5.75. The SMILES string of the molecule is COCc1nc(-c2ccoc2Cl)oc1C(=O)O. The minimum atomic E-state index is -1.21. The molecule has 2 rings (SSSR count). The zero-order valence-electron chi connectivity index (χ0n) is 8.77. The van der Waals surface area contributed by atoms with Crippen molar-refractivity contribution in [2.75, 3.05) is 7.11 Å². The number of aromatic carboxylic acids is 1. The minimum Gasteiger partial charge on any atom is -0.475 e. The summed E-state index contributed by atoms with van der Waals surface area (Å²) in [5, 5.41) is 9.02. The van der Waals surface area contributed by atoms with Crippen LogP contribution in [-0.2, 0) is 11.3 Å². The van der Waals surface area contributed by atoms with Crippen molar-refractivity contribution in [2.24, 2.45) is 0 Å². The summed E-state index contributed by atoms with van der Waals surface area (Å²) in [6, 6.07) is 1.54. The smallest absolute Gasteiger partial charge is 0.373 e. The highest BCUT2D eigenvalue weighted by atomic mass is 35.5. The van der Waals surface area contributed by atoms with Gasteiger partial charge in [-0.2, -0.15) is 0 Å². The molecule has 90 valence electrons. The summed E-state index contributed by atoms with van der Waals surface area (Å²) < 4.78 is 14.8. The van der Waals surface area contributed by atoms with Crippen molar-refractivity contribution in [3.8, 4) is 11.5 Å². The summed E-state index contributed by atoms with van der Waals surface area (Å²) in [7, 11) is 1.44. The molecule has 6 nitrogen and oxygen atoms in total. The molecule has 17 heavy (non-hydrogen) atoms. The third-order valence-electron chi connectivity index (χ3n) is 2.02. The van der Waals surface area contributed by atoms with Gasteiger partial charge in [-0.1, -0.05) is 0 Å². The monoisotopic (exact) mass is 257 g/mol. The zero-order valence-corrected chi connectivity index (χ0v) is 9.52. The van der Waals surface area contributed by atoms with E-state index in [9.17, 15) is 4.79 Å². The van der Waals surface area contributed by atoms with Crippen LogP contribution in [0.3, 0.4) is 0 Å². The predicted octanol–water partition coefficient (Wildman–Crippen LogP) is 2.43. The molecule has 0 saturated heterocycles. The van der Waals surface area contributed by atoms with Gasteiger partial charge in [0.15, 0.2) is 0 Å². The molecule has 2 aromatic heterocycles. The fourth-order valence-electron chi connectivity index (χ4n) is 1.31. The van der Waals surface area contributed by atoms with E-state index in [0.717, 1.165) is 0 Å². The molecule has 2 aromatic rings. The predicted molar refractivity (Wildman–Crippen MR) is 56.9 cm³/mol. The molecule has 2 heterocycles. The molecule has 0 aliphatic carbocycles. The van der Waals surface area contributed by atoms with Gasteiger partial charge in [0.05, 0.1) is 18.4 Å². The van der Waals surface area contributed by atoms with Crippen LogP contribution in [0.5, 0.6) is 0 Å². The summed E-state index contributed by atoms with van der Waals surface area (Å²) in [4.78, 5) is 14.9. The highest BCUT2D eigenvalue weighted by Crippen LogP contribution is 2.29. The van der Waals surface area contributed by atoms with Crippen LogP contribution in [-0.4, -0.2) is 23.2 Å². The van der Waals surface area contributed by atoms with Gasteiger partial charge in [-0.15, -0.1) is 0 Å². The second kappa shape index (κ2) is 4.60. The Hall–Kier alpha value is -1.79. The topological polar surface area (TPSA) is 85.7 Å². The maximum atomic E-state index is 10.9. The van der Waals surface area contributed by atoms with E-state index in [0.29, 0.717) is 5.56 Å². The van der Waals surface area contributed by atoms with E-state index in [1.165, 1.54) is 19.4 Å². The molecule has 0 spiro atoms. The van der Waals surface area contributed by atoms with Crippen molar-refractivity contribution >= 4 is 17.6 Å². The number of oxazole rings is 1. The van der Waals surface area contributed by atoms with Gasteiger partial charge >= 0.3 is 5.97 Å². The summed E-state index contributed by atoms with van der Waals surface area (Å²) in [5.41, 5.74) is 0.601. The normalized spacial score (nSPS) is 10.7. The van der Waals surface area contributed by atoms with Crippen LogP contribution >= 0.6 is 11.6 Å². The second-order valence-electron chi connectivity index (χ2n) is 3.14. The lowest BCUT2D eigenvalue weighted by atomic mass is 10.3. The van der Waals surface area contributed by atoms with Crippen molar-refractivity contribution < 1.29 is 23.5 Å². The highest BCUT2D eigenvalue weighted by Gasteiger charge is 2.22. The number of rotatable bonds is 4. The van der Waals surface area contributed by atoms with E-state index < -0.39 is 5.97 Å². The van der Waals surface area contributed by atoms with Crippen LogP contribution in [0.15, 0.2) is 21.2 Å². The first-order chi connectivity index (χ1) is 8.13. The maximum absolute atomic E-state index is 10.9. The third-order valence-corrected chi connectivity index (χ3v) is 2.31. The molecule has 1 N–H and O–H groups in total. The van der Waals surface area contributed by atoms with E-state index in [1.54, 1.807) is 0 Å². The Morgan fingerprint density at radius 1 is 1.65 bits per heavy atom. The Bertz CT molecular complexity index is 545. The van der Waals surface area contributed by atoms with E-state index in [-0.39, 0.29) is 29.2 Å². The van der Waals surface area contributed by atoms with Gasteiger partial charge in [0, 0.05) is 7.11 Å². The summed E-state index contributed by atoms with van der Waals surface area (Å²) in [6.45, 7) is 0.0423. The van der Waals surface area contributed by atoms with Crippen LogP contribution in [0, 0.1) is 0 Å². The van der Waals surface area contributed by atoms with Crippen molar-refractivity contribution in [1.29, 1.82) is 0 Å². The number of aromatic nitrogens is 1. The largest absolute Gasteiger partial charge is 0.475 e. The summed E-state index contributed by atoms with van der Waals surface area (Å²) in [5.74, 6) is -1.39. The van der Waals surface area contributed by atoms with Crippen LogP contribution in [0.2, 0.25) is 5.22 Å². The number of hydrogen-bond acceptors (Lipinski definition) is 5. The number of carboxylic acid groups (broad SMARTS) is 1. The Kier molecular flexibility index (Phi) is 3.16.